The summed E-state index contributed by atoms with van der Waals surface area (Å²) in [5, 5.41) is 0. The molecule has 0 fully saturated rings. The van der Waals surface area contributed by atoms with Crippen molar-refractivity contribution in [2.75, 3.05) is 20.1 Å². The van der Waals surface area contributed by atoms with Crippen LogP contribution in [0.4, 0.5) is 0 Å². The molecule has 0 aliphatic heterocycles. The van der Waals surface area contributed by atoms with Crippen molar-refractivity contribution in [1.29, 1.82) is 0 Å². The Morgan fingerprint density at radius 2 is 2.18 bits per heavy atom. The summed E-state index contributed by atoms with van der Waals surface area (Å²) in [5.74, 6) is -0.303. The first-order valence-corrected chi connectivity index (χ1v) is 5.89. The maximum Gasteiger partial charge on any atom is 0.419 e. The normalized spacial score (nSPS) is 11.5. The molecule has 0 unspecified atom stereocenters. The number of fused-ring (bicyclic) bond motifs is 1. The summed E-state index contributed by atoms with van der Waals surface area (Å²) in [6.45, 7) is 4.20. The van der Waals surface area contributed by atoms with Crippen LogP contribution in [0.25, 0.3) is 11.1 Å². The molecule has 0 N–H and O–H groups in total. The fraction of sp³-hybridized carbons (Fsp3) is 0.462. The van der Waals surface area contributed by atoms with Gasteiger partial charge in [0.2, 0.25) is 0 Å². The van der Waals surface area contributed by atoms with Gasteiger partial charge in [-0.2, -0.15) is 0 Å². The molecule has 0 spiro atoms. The van der Waals surface area contributed by atoms with E-state index in [2.05, 4.69) is 24.9 Å². The molecule has 17 heavy (non-hydrogen) atoms. The zero-order valence-electron chi connectivity index (χ0n) is 10.6. The highest BCUT2D eigenvalue weighted by Crippen LogP contribution is 2.14. The zero-order valence-corrected chi connectivity index (χ0v) is 10.6. The quantitative estimate of drug-likeness (QED) is 0.807. The minimum atomic E-state index is -0.303. The Balaban J connectivity index is 2.23. The van der Waals surface area contributed by atoms with E-state index in [1.165, 1.54) is 10.1 Å². The molecule has 0 amide bonds. The molecule has 1 aromatic heterocycles. The van der Waals surface area contributed by atoms with Crippen molar-refractivity contribution in [2.24, 2.45) is 7.05 Å². The number of hydrogen-bond acceptors (Lipinski definition) is 3. The lowest BCUT2D eigenvalue weighted by atomic mass is 10.1. The summed E-state index contributed by atoms with van der Waals surface area (Å²) in [6.07, 6.45) is 0.971. The first-order valence-electron chi connectivity index (χ1n) is 5.89. The molecule has 0 aliphatic rings. The lowest BCUT2D eigenvalue weighted by Crippen LogP contribution is -2.20. The highest BCUT2D eigenvalue weighted by atomic mass is 16.4. The van der Waals surface area contributed by atoms with E-state index in [1.54, 1.807) is 7.05 Å². The smallest absolute Gasteiger partial charge is 0.408 e. The zero-order chi connectivity index (χ0) is 12.4. The Morgan fingerprint density at radius 1 is 1.41 bits per heavy atom. The SMILES string of the molecule is CCN(C)CCc1ccc2c(c1)oc(=O)n2C. The molecule has 4 heteroatoms. The number of nitrogens with zero attached hydrogens (tertiary/aromatic N) is 2. The van der Waals surface area contributed by atoms with Crippen molar-refractivity contribution in [1.82, 2.24) is 9.47 Å². The lowest BCUT2D eigenvalue weighted by Gasteiger charge is -2.13. The summed E-state index contributed by atoms with van der Waals surface area (Å²) in [5.41, 5.74) is 2.73. The highest BCUT2D eigenvalue weighted by Gasteiger charge is 2.06. The van der Waals surface area contributed by atoms with Crippen LogP contribution in [0, 0.1) is 0 Å². The molecule has 0 saturated carbocycles. The Labute approximate surface area is 100 Å². The molecule has 1 heterocycles. The maximum atomic E-state index is 11.4. The van der Waals surface area contributed by atoms with Crippen molar-refractivity contribution in [3.63, 3.8) is 0 Å². The summed E-state index contributed by atoms with van der Waals surface area (Å²) >= 11 is 0. The number of aryl methyl sites for hydroxylation is 1. The van der Waals surface area contributed by atoms with Crippen LogP contribution < -0.4 is 5.76 Å². The fourth-order valence-corrected chi connectivity index (χ4v) is 1.81. The molecule has 0 atom stereocenters. The van der Waals surface area contributed by atoms with Crippen LogP contribution in [-0.4, -0.2) is 29.6 Å². The molecule has 0 saturated heterocycles. The monoisotopic (exact) mass is 234 g/mol. The van der Waals surface area contributed by atoms with Gasteiger partial charge in [-0.1, -0.05) is 13.0 Å². The predicted molar refractivity (Wildman–Crippen MR) is 68.3 cm³/mol. The van der Waals surface area contributed by atoms with E-state index >= 15 is 0 Å². The Morgan fingerprint density at radius 3 is 2.88 bits per heavy atom. The molecule has 92 valence electrons. The summed E-state index contributed by atoms with van der Waals surface area (Å²) < 4.78 is 6.69. The number of benzene rings is 1. The van der Waals surface area contributed by atoms with Crippen LogP contribution in [0.3, 0.4) is 0 Å². The predicted octanol–water partition coefficient (Wildman–Crippen LogP) is 1.63. The Bertz CT molecular complexity index is 568. The molecule has 0 aliphatic carbocycles. The van der Waals surface area contributed by atoms with E-state index in [-0.39, 0.29) is 5.76 Å². The largest absolute Gasteiger partial charge is 0.419 e. The number of hydrogen-bond donors (Lipinski definition) is 0. The molecule has 1 aromatic carbocycles. The van der Waals surface area contributed by atoms with Crippen molar-refractivity contribution >= 4 is 11.1 Å². The van der Waals surface area contributed by atoms with E-state index in [0.717, 1.165) is 25.0 Å². The van der Waals surface area contributed by atoms with Crippen LogP contribution in [0.5, 0.6) is 0 Å². The van der Waals surface area contributed by atoms with Gasteiger partial charge in [0.25, 0.3) is 0 Å². The van der Waals surface area contributed by atoms with Crippen molar-refractivity contribution < 1.29 is 4.42 Å². The average Bonchev–Trinajstić information content (AvgIpc) is 2.62. The standard InChI is InChI=1S/C13H18N2O2/c1-4-14(2)8-7-10-5-6-11-12(9-10)17-13(16)15(11)3/h5-6,9H,4,7-8H2,1-3H3. The van der Waals surface area contributed by atoms with Crippen molar-refractivity contribution in [3.8, 4) is 0 Å². The second-order valence-corrected chi connectivity index (χ2v) is 4.37. The molecule has 2 rings (SSSR count). The van der Waals surface area contributed by atoms with Gasteiger partial charge in [0.15, 0.2) is 5.58 Å². The number of aromatic nitrogens is 1. The first-order chi connectivity index (χ1) is 8.11. The summed E-state index contributed by atoms with van der Waals surface area (Å²) in [4.78, 5) is 13.6. The molecule has 4 nitrogen and oxygen atoms in total. The second kappa shape index (κ2) is 4.75. The van der Waals surface area contributed by atoms with E-state index in [0.29, 0.717) is 5.58 Å². The molecule has 0 radical (unpaired) electrons. The van der Waals surface area contributed by atoms with Gasteiger partial charge in [0, 0.05) is 13.6 Å². The van der Waals surface area contributed by atoms with E-state index < -0.39 is 0 Å². The highest BCUT2D eigenvalue weighted by molar-refractivity contribution is 5.73. The van der Waals surface area contributed by atoms with Crippen LogP contribution in [0.1, 0.15) is 12.5 Å². The van der Waals surface area contributed by atoms with Gasteiger partial charge < -0.3 is 9.32 Å². The van der Waals surface area contributed by atoms with Gasteiger partial charge in [-0.15, -0.1) is 0 Å². The third-order valence-corrected chi connectivity index (χ3v) is 3.18. The van der Waals surface area contributed by atoms with Gasteiger partial charge in [0.05, 0.1) is 5.52 Å². The van der Waals surface area contributed by atoms with Crippen LogP contribution in [-0.2, 0) is 13.5 Å². The van der Waals surface area contributed by atoms with Crippen molar-refractivity contribution in [2.45, 2.75) is 13.3 Å². The van der Waals surface area contributed by atoms with Crippen LogP contribution >= 0.6 is 0 Å². The number of oxazole rings is 1. The van der Waals surface area contributed by atoms with Gasteiger partial charge in [-0.3, -0.25) is 4.57 Å². The third kappa shape index (κ3) is 2.42. The topological polar surface area (TPSA) is 38.4 Å². The Hall–Kier alpha value is -1.55. The Kier molecular flexibility index (Phi) is 3.33. The van der Waals surface area contributed by atoms with E-state index in [9.17, 15) is 4.79 Å². The van der Waals surface area contributed by atoms with Crippen LogP contribution in [0.2, 0.25) is 0 Å². The number of rotatable bonds is 4. The lowest BCUT2D eigenvalue weighted by molar-refractivity contribution is 0.357. The molecule has 0 bridgehead atoms. The summed E-state index contributed by atoms with van der Waals surface area (Å²) in [7, 11) is 3.82. The van der Waals surface area contributed by atoms with Gasteiger partial charge >= 0.3 is 5.76 Å². The number of likely N-dealkylation sites (N-methyl/N-ethyl adjacent to an activating group) is 1. The third-order valence-electron chi connectivity index (χ3n) is 3.18. The second-order valence-electron chi connectivity index (χ2n) is 4.37. The average molecular weight is 234 g/mol. The molecular weight excluding hydrogens is 216 g/mol. The van der Waals surface area contributed by atoms with Gasteiger partial charge in [-0.25, -0.2) is 4.79 Å². The minimum Gasteiger partial charge on any atom is -0.408 e. The minimum absolute atomic E-state index is 0.303. The molecular formula is C13H18N2O2. The van der Waals surface area contributed by atoms with E-state index in [1.807, 2.05) is 12.1 Å². The summed E-state index contributed by atoms with van der Waals surface area (Å²) in [6, 6.07) is 5.96. The molecule has 2 aromatic rings. The van der Waals surface area contributed by atoms with Crippen LogP contribution in [0.15, 0.2) is 27.4 Å². The first kappa shape index (κ1) is 11.9. The van der Waals surface area contributed by atoms with Gasteiger partial charge in [0.1, 0.15) is 0 Å². The van der Waals surface area contributed by atoms with Gasteiger partial charge in [-0.05, 0) is 37.7 Å². The van der Waals surface area contributed by atoms with E-state index in [4.69, 9.17) is 4.42 Å². The van der Waals surface area contributed by atoms with Crippen molar-refractivity contribution in [3.05, 3.63) is 34.3 Å². The maximum absolute atomic E-state index is 11.4. The fourth-order valence-electron chi connectivity index (χ4n) is 1.81.